The summed E-state index contributed by atoms with van der Waals surface area (Å²) < 4.78 is 110. The summed E-state index contributed by atoms with van der Waals surface area (Å²) in [5, 5.41) is 88.7. The van der Waals surface area contributed by atoms with Crippen LogP contribution in [0.1, 0.15) is 126 Å². The van der Waals surface area contributed by atoms with E-state index in [4.69, 9.17) is 37.8 Å². The second-order valence-corrected chi connectivity index (χ2v) is 35.8. The van der Waals surface area contributed by atoms with E-state index in [0.29, 0.717) is 18.7 Å². The van der Waals surface area contributed by atoms with E-state index in [1.165, 1.54) is 60.1 Å². The maximum Gasteiger partial charge on any atom is 0.501 e. The average molecular weight is 1850 g/mol. The van der Waals surface area contributed by atoms with Crippen molar-refractivity contribution < 1.29 is 141 Å². The van der Waals surface area contributed by atoms with Crippen LogP contribution in [0.4, 0.5) is 0 Å². The Morgan fingerprint density at radius 1 is 0.719 bits per heavy atom. The number of hydrogen-bond acceptors (Lipinski definition) is 32. The fraction of sp³-hybridized carbons (Fsp3) is 0.512. The summed E-state index contributed by atoms with van der Waals surface area (Å²) in [6, 6.07) is 8.34. The largest absolute Gasteiger partial charge is 0.501 e. The third-order valence-corrected chi connectivity index (χ3v) is 25.8. The van der Waals surface area contributed by atoms with Crippen LogP contribution >= 0.6 is 0 Å². The average Bonchev–Trinajstić information content (AvgIpc) is 1.60. The number of nitrogens with two attached hydrogens (primary N) is 1. The summed E-state index contributed by atoms with van der Waals surface area (Å²) in [6.45, 7) is 4.78. The second kappa shape index (κ2) is 45.7. The lowest BCUT2D eigenvalue weighted by Crippen LogP contribution is -2.61. The van der Waals surface area contributed by atoms with Gasteiger partial charge in [0.05, 0.1) is 123 Å². The van der Waals surface area contributed by atoms with Gasteiger partial charge in [-0.15, -0.1) is 13.5 Å². The Morgan fingerprint density at radius 3 is 2.10 bits per heavy atom. The van der Waals surface area contributed by atoms with Gasteiger partial charge in [0.25, 0.3) is 5.91 Å². The lowest BCUT2D eigenvalue weighted by atomic mass is 9.93. The van der Waals surface area contributed by atoms with E-state index in [-0.39, 0.29) is 134 Å². The third-order valence-electron chi connectivity index (χ3n) is 21.8. The molecule has 4 aliphatic heterocycles. The summed E-state index contributed by atoms with van der Waals surface area (Å²) in [5.74, 6) is -16.0. The SMILES string of the molecule is CC[C@H](C)[C@@H]1NC(=O)CNC(=O)[C@@H]2Cc3c([nH]c4cc(OS(=O)(=O)Oc5cc(C(=O)CCCOCCOCCOCCn6cc(CNC(=O)c7ccc(C(=O)CCS(=O)(=O)c8ccc(C)cc8)cc7)nn6)ccc5OC5O[C@H](CO)[C@H](O)[C@H](O)[C@H]5O)ccc34)S(=O)C[C@H](NC(=O)CCC1=O)C(=O)N[C@@H](CC(N)=O)C(=O)N1CCC[C@H]1C(=O)N[C@@H]([C@@H](C)[C@@H](O)CO)C(=O)N2. The Morgan fingerprint density at radius 2 is 1.41 bits per heavy atom. The number of aryl methyl sites for hydroxylation is 1. The number of sulfone groups is 1. The number of ether oxygens (including phenoxy) is 5. The number of Topliss-reactive ketones (excluding diaryl/α,β-unsaturated/α-hetero) is 3. The van der Waals surface area contributed by atoms with Crippen molar-refractivity contribution in [2.45, 2.75) is 188 Å². The molecule has 0 radical (unpaired) electrons. The van der Waals surface area contributed by atoms with Crippen molar-refractivity contribution in [1.82, 2.24) is 62.1 Å². The number of H-pyrrole nitrogens is 1. The number of hydrogen-bond donors (Lipinski definition) is 15. The third kappa shape index (κ3) is 26.8. The van der Waals surface area contributed by atoms with E-state index < -0.39 is 254 Å². The first kappa shape index (κ1) is 99.0. The standard InChI is InChI=1S/C82H105N13O30S3/c1-5-45(3)70-62(100)21-23-68(103)86-58-43-126(114)80-54(36-56(76(109)85-39-69(104)90-70)87-79(112)71(46(4)63(101)41-96)91-78(111)59-8-6-25-95(59)81(113)57(37-67(83)102)88-77(58)110)53-20-17-51(35-55(53)89-80)124-128(117,118)125-65-34-49(16-22-64(65)122-82-74(107)73(106)72(105)66(42-97)123-82)60(98)9-7-27-119-29-31-121-32-30-120-28-26-94-40-50(92-93-94)38-84-75(108)48-14-12-47(13-15-48)61(99)24-33-127(115,116)52-18-10-44(2)11-19-52/h10-20,22,34-35,40,45-46,56-59,63,66,70-74,82,89,96-97,101,105-107H,5-9,21,23-33,36-39,41-43H2,1-4H3,(H2,83,102)(H,84,108)(H,85,109)(H,86,103)(H,87,112)(H,88,110)(H,90,104)(H,91,111)/t45-,46-,56-,57-,58-,59-,63-,66+,70-,71-,72-,73-,74+,82?,126?/m0/s1. The van der Waals surface area contributed by atoms with Crippen LogP contribution < -0.4 is 56.1 Å². The monoisotopic (exact) mass is 1850 g/mol. The van der Waals surface area contributed by atoms with Crippen LogP contribution in [0.3, 0.4) is 0 Å². The van der Waals surface area contributed by atoms with Crippen LogP contribution in [0.5, 0.6) is 17.2 Å². The minimum absolute atomic E-state index is 0.0266. The number of aromatic amines is 1. The molecule has 15 atom stereocenters. The summed E-state index contributed by atoms with van der Waals surface area (Å²) in [7, 11) is -11.8. The maximum atomic E-state index is 15.4. The Balaban J connectivity index is 0.808. The highest BCUT2D eigenvalue weighted by Gasteiger charge is 2.47. The molecule has 696 valence electrons. The number of aromatic nitrogens is 4. The number of aliphatic hydroxyl groups excluding tert-OH is 6. The number of ketones is 3. The van der Waals surface area contributed by atoms with Crippen molar-refractivity contribution in [1.29, 1.82) is 0 Å². The molecule has 0 aliphatic carbocycles. The van der Waals surface area contributed by atoms with Gasteiger partial charge in [0.1, 0.15) is 71.1 Å². The molecule has 6 aromatic rings. The molecule has 2 fully saturated rings. The molecular weight excluding hydrogens is 1740 g/mol. The molecule has 0 saturated carbocycles. The minimum atomic E-state index is -5.50. The van der Waals surface area contributed by atoms with Crippen LogP contribution in [-0.4, -0.2) is 298 Å². The number of nitrogens with one attached hydrogen (secondary N) is 8. The molecule has 4 aromatic carbocycles. The van der Waals surface area contributed by atoms with Gasteiger partial charge in [-0.25, -0.2) is 13.1 Å². The Bertz CT molecular complexity index is 5270. The van der Waals surface area contributed by atoms with Crippen molar-refractivity contribution in [3.05, 3.63) is 125 Å². The molecule has 128 heavy (non-hydrogen) atoms. The lowest BCUT2D eigenvalue weighted by molar-refractivity contribution is -0.277. The first-order valence-electron chi connectivity index (χ1n) is 41.3. The number of aliphatic hydroxyl groups is 6. The summed E-state index contributed by atoms with van der Waals surface area (Å²) >= 11 is 0. The Hall–Kier alpha value is -11.1. The fourth-order valence-electron chi connectivity index (χ4n) is 14.4. The number of amides is 9. The van der Waals surface area contributed by atoms with Gasteiger partial charge in [0, 0.05) is 79.3 Å². The molecule has 16 N–H and O–H groups in total. The number of benzene rings is 4. The predicted octanol–water partition coefficient (Wildman–Crippen LogP) is -2.89. The van der Waals surface area contributed by atoms with Crippen LogP contribution in [0.25, 0.3) is 10.9 Å². The zero-order chi connectivity index (χ0) is 92.8. The number of carbonyl (C=O) groups is 12. The zero-order valence-corrected chi connectivity index (χ0v) is 72.7. The molecule has 2 aromatic heterocycles. The van der Waals surface area contributed by atoms with E-state index in [1.54, 1.807) is 32.2 Å². The number of carbonyl (C=O) groups excluding carboxylic acids is 12. The van der Waals surface area contributed by atoms with E-state index in [1.807, 2.05) is 6.92 Å². The molecule has 2 saturated heterocycles. The highest BCUT2D eigenvalue weighted by Crippen LogP contribution is 2.37. The van der Waals surface area contributed by atoms with Gasteiger partial charge in [-0.2, -0.15) is 0 Å². The van der Waals surface area contributed by atoms with Gasteiger partial charge >= 0.3 is 10.4 Å². The van der Waals surface area contributed by atoms with E-state index in [9.17, 15) is 105 Å². The quantitative estimate of drug-likeness (QED) is 0.0139. The minimum Gasteiger partial charge on any atom is -0.458 e. The van der Waals surface area contributed by atoms with Crippen molar-refractivity contribution in [3.63, 3.8) is 0 Å². The number of primary amides is 1. The van der Waals surface area contributed by atoms with Crippen molar-refractivity contribution in [2.75, 3.05) is 77.5 Å². The molecule has 9 amide bonds. The molecule has 46 heteroatoms. The van der Waals surface area contributed by atoms with Crippen molar-refractivity contribution >= 4 is 112 Å². The normalized spacial score (nSPS) is 23.3. The van der Waals surface area contributed by atoms with Crippen LogP contribution in [0.2, 0.25) is 0 Å². The number of rotatable bonds is 36. The first-order valence-corrected chi connectivity index (χ1v) is 45.6. The van der Waals surface area contributed by atoms with Crippen molar-refractivity contribution in [2.24, 2.45) is 17.6 Å². The van der Waals surface area contributed by atoms with E-state index >= 15 is 4.21 Å². The number of fused-ring (bicyclic) bond motifs is 5. The Kier molecular flexibility index (Phi) is 35.4. The first-order chi connectivity index (χ1) is 60.9. The van der Waals surface area contributed by atoms with Crippen LogP contribution in [-0.2, 0) is 113 Å². The van der Waals surface area contributed by atoms with Gasteiger partial charge < -0.3 is 116 Å². The summed E-state index contributed by atoms with van der Waals surface area (Å²) in [5.41, 5.74) is 6.98. The maximum absolute atomic E-state index is 15.4. The molecule has 6 heterocycles. The molecule has 0 spiro atoms. The van der Waals surface area contributed by atoms with E-state index in [2.05, 4.69) is 52.5 Å². The summed E-state index contributed by atoms with van der Waals surface area (Å²) in [4.78, 5) is 172. The molecule has 2 unspecified atom stereocenters. The van der Waals surface area contributed by atoms with E-state index in [0.717, 1.165) is 34.7 Å². The van der Waals surface area contributed by atoms with Crippen LogP contribution in [0, 0.1) is 18.8 Å². The molecular formula is C82H105N13O30S3. The van der Waals surface area contributed by atoms with Gasteiger partial charge in [0.2, 0.25) is 53.5 Å². The molecule has 2 bridgehead atoms. The molecule has 10 rings (SSSR count). The van der Waals surface area contributed by atoms with Gasteiger partial charge in [-0.1, -0.05) is 62.2 Å². The fourth-order valence-corrected chi connectivity index (χ4v) is 17.7. The topological polar surface area (TPSA) is 636 Å². The second-order valence-electron chi connectivity index (χ2n) is 31.1. The Labute approximate surface area is 737 Å². The van der Waals surface area contributed by atoms with Gasteiger partial charge in [-0.05, 0) is 92.3 Å². The van der Waals surface area contributed by atoms with Gasteiger partial charge in [0.15, 0.2) is 38.7 Å². The number of nitrogens with zero attached hydrogens (tertiary/aromatic N) is 4. The van der Waals surface area contributed by atoms with Crippen LogP contribution in [0.15, 0.2) is 101 Å². The zero-order valence-electron chi connectivity index (χ0n) is 70.3. The highest BCUT2D eigenvalue weighted by atomic mass is 32.3. The van der Waals surface area contributed by atoms with Gasteiger partial charge in [-0.3, -0.25) is 61.7 Å². The smallest absolute Gasteiger partial charge is 0.458 e. The molecule has 43 nitrogen and oxygen atoms in total. The summed E-state index contributed by atoms with van der Waals surface area (Å²) in [6.07, 6.45) is -12.2. The van der Waals surface area contributed by atoms with Crippen molar-refractivity contribution in [3.8, 4) is 17.2 Å². The molecule has 4 aliphatic rings. The highest BCUT2D eigenvalue weighted by molar-refractivity contribution is 7.91. The lowest BCUT2D eigenvalue weighted by Gasteiger charge is -2.39. The predicted molar refractivity (Wildman–Crippen MR) is 447 cm³/mol.